The first-order valence-electron chi connectivity index (χ1n) is 5.39. The van der Waals surface area contributed by atoms with Crippen molar-refractivity contribution in [3.05, 3.63) is 34.3 Å². The maximum Gasteiger partial charge on any atom is 0.0558 e. The van der Waals surface area contributed by atoms with Gasteiger partial charge in [-0.1, -0.05) is 28.1 Å². The molecule has 2 atom stereocenters. The number of ether oxygens (including phenoxy) is 1. The summed E-state index contributed by atoms with van der Waals surface area (Å²) in [7, 11) is 1.72. The van der Waals surface area contributed by atoms with Gasteiger partial charge in [-0.25, -0.2) is 0 Å². The lowest BCUT2D eigenvalue weighted by molar-refractivity contribution is 0.100. The van der Waals surface area contributed by atoms with Crippen LogP contribution in [0.2, 0.25) is 0 Å². The minimum atomic E-state index is 0.219. The van der Waals surface area contributed by atoms with Crippen molar-refractivity contribution in [1.82, 2.24) is 5.43 Å². The number of benzene rings is 1. The van der Waals surface area contributed by atoms with Crippen molar-refractivity contribution >= 4 is 15.9 Å². The third-order valence-corrected chi connectivity index (χ3v) is 3.18. The fourth-order valence-electron chi connectivity index (χ4n) is 1.61. The molecule has 0 radical (unpaired) electrons. The normalized spacial score (nSPS) is 14.8. The maximum absolute atomic E-state index is 5.54. The third kappa shape index (κ3) is 4.61. The molecule has 4 heteroatoms. The molecule has 0 aromatic heterocycles. The van der Waals surface area contributed by atoms with Gasteiger partial charge in [-0.15, -0.1) is 0 Å². The lowest BCUT2D eigenvalue weighted by Gasteiger charge is -2.19. The van der Waals surface area contributed by atoms with E-state index in [4.69, 9.17) is 10.6 Å². The number of hydrazine groups is 1. The number of hydrogen-bond donors (Lipinski definition) is 2. The topological polar surface area (TPSA) is 47.3 Å². The Morgan fingerprint density at radius 3 is 2.50 bits per heavy atom. The van der Waals surface area contributed by atoms with Crippen LogP contribution < -0.4 is 11.3 Å². The molecule has 90 valence electrons. The fraction of sp³-hybridized carbons (Fsp3) is 0.500. The van der Waals surface area contributed by atoms with Crippen molar-refractivity contribution in [2.45, 2.75) is 31.9 Å². The van der Waals surface area contributed by atoms with Gasteiger partial charge in [0.2, 0.25) is 0 Å². The van der Waals surface area contributed by atoms with Crippen LogP contribution >= 0.6 is 15.9 Å². The average molecular weight is 287 g/mol. The van der Waals surface area contributed by atoms with Crippen molar-refractivity contribution in [2.24, 2.45) is 5.84 Å². The number of nitrogens with one attached hydrogen (secondary N) is 1. The molecule has 0 aliphatic carbocycles. The Bertz CT molecular complexity index is 302. The summed E-state index contributed by atoms with van der Waals surface area (Å²) < 4.78 is 6.33. The van der Waals surface area contributed by atoms with E-state index >= 15 is 0 Å². The highest BCUT2D eigenvalue weighted by Gasteiger charge is 2.11. The van der Waals surface area contributed by atoms with Crippen molar-refractivity contribution in [1.29, 1.82) is 0 Å². The molecular formula is C12H19BrN2O. The molecule has 0 amide bonds. The number of methoxy groups -OCH3 is 1. The zero-order chi connectivity index (χ0) is 12.0. The molecule has 1 aromatic rings. The zero-order valence-corrected chi connectivity index (χ0v) is 11.3. The summed E-state index contributed by atoms with van der Waals surface area (Å²) in [6.45, 7) is 2.05. The van der Waals surface area contributed by atoms with Gasteiger partial charge < -0.3 is 4.74 Å². The maximum atomic E-state index is 5.54. The van der Waals surface area contributed by atoms with Gasteiger partial charge in [-0.2, -0.15) is 0 Å². The first kappa shape index (κ1) is 13.6. The van der Waals surface area contributed by atoms with Crippen molar-refractivity contribution in [3.8, 4) is 0 Å². The van der Waals surface area contributed by atoms with Crippen LogP contribution in [0.1, 0.15) is 18.9 Å². The Balaban J connectivity index is 2.52. The monoisotopic (exact) mass is 286 g/mol. The molecule has 0 saturated carbocycles. The van der Waals surface area contributed by atoms with Crippen LogP contribution in [0.5, 0.6) is 0 Å². The number of hydrogen-bond acceptors (Lipinski definition) is 3. The molecule has 0 spiro atoms. The second-order valence-corrected chi connectivity index (χ2v) is 4.89. The van der Waals surface area contributed by atoms with E-state index in [-0.39, 0.29) is 12.1 Å². The predicted octanol–water partition coefficient (Wildman–Crippen LogP) is 2.25. The van der Waals surface area contributed by atoms with Crippen LogP contribution in [0.15, 0.2) is 28.7 Å². The minimum absolute atomic E-state index is 0.219. The van der Waals surface area contributed by atoms with E-state index in [0.717, 1.165) is 17.3 Å². The fourth-order valence-corrected chi connectivity index (χ4v) is 1.88. The standard InChI is InChI=1S/C12H19BrN2O/c1-9(16-2)7-12(15-14)8-10-3-5-11(13)6-4-10/h3-6,9,12,15H,7-8,14H2,1-2H3. The molecule has 0 bridgehead atoms. The minimum Gasteiger partial charge on any atom is -0.382 e. The summed E-state index contributed by atoms with van der Waals surface area (Å²) in [6.07, 6.45) is 2.04. The molecule has 0 aliphatic rings. The van der Waals surface area contributed by atoms with Crippen molar-refractivity contribution < 1.29 is 4.74 Å². The Labute approximate surface area is 105 Å². The van der Waals surface area contributed by atoms with Crippen LogP contribution in [0.25, 0.3) is 0 Å². The van der Waals surface area contributed by atoms with Crippen molar-refractivity contribution in [2.75, 3.05) is 7.11 Å². The summed E-state index contributed by atoms with van der Waals surface area (Å²) in [4.78, 5) is 0. The van der Waals surface area contributed by atoms with Gasteiger partial charge in [0.25, 0.3) is 0 Å². The SMILES string of the molecule is COC(C)CC(Cc1ccc(Br)cc1)NN. The lowest BCUT2D eigenvalue weighted by Crippen LogP contribution is -2.39. The largest absolute Gasteiger partial charge is 0.382 e. The van der Waals surface area contributed by atoms with Crippen LogP contribution in [0.3, 0.4) is 0 Å². The molecule has 1 aromatic carbocycles. The quantitative estimate of drug-likeness (QED) is 0.623. The summed E-state index contributed by atoms with van der Waals surface area (Å²) in [5.41, 5.74) is 4.11. The molecule has 1 rings (SSSR count). The first-order valence-corrected chi connectivity index (χ1v) is 6.18. The molecule has 3 nitrogen and oxygen atoms in total. The van der Waals surface area contributed by atoms with E-state index in [2.05, 4.69) is 33.5 Å². The summed E-state index contributed by atoms with van der Waals surface area (Å²) in [5, 5.41) is 0. The van der Waals surface area contributed by atoms with Crippen LogP contribution in [-0.4, -0.2) is 19.3 Å². The van der Waals surface area contributed by atoms with E-state index in [1.165, 1.54) is 5.56 Å². The highest BCUT2D eigenvalue weighted by molar-refractivity contribution is 9.10. The second kappa shape index (κ2) is 7.01. The van der Waals surface area contributed by atoms with Gasteiger partial charge in [-0.05, 0) is 37.5 Å². The predicted molar refractivity (Wildman–Crippen MR) is 70.0 cm³/mol. The molecule has 0 heterocycles. The van der Waals surface area contributed by atoms with E-state index in [1.807, 2.05) is 19.1 Å². The molecule has 0 aliphatic heterocycles. The van der Waals surface area contributed by atoms with Gasteiger partial charge >= 0.3 is 0 Å². The Hall–Kier alpha value is -0.420. The van der Waals surface area contributed by atoms with Crippen molar-refractivity contribution in [3.63, 3.8) is 0 Å². The van der Waals surface area contributed by atoms with Gasteiger partial charge in [0.1, 0.15) is 0 Å². The molecular weight excluding hydrogens is 268 g/mol. The second-order valence-electron chi connectivity index (χ2n) is 3.98. The van der Waals surface area contributed by atoms with E-state index in [0.29, 0.717) is 0 Å². The lowest BCUT2D eigenvalue weighted by atomic mass is 10.0. The number of nitrogens with two attached hydrogens (primary N) is 1. The Morgan fingerprint density at radius 2 is 2.00 bits per heavy atom. The molecule has 0 saturated heterocycles. The van der Waals surface area contributed by atoms with Crippen LogP contribution in [0, 0.1) is 0 Å². The number of halogens is 1. The molecule has 16 heavy (non-hydrogen) atoms. The van der Waals surface area contributed by atoms with Gasteiger partial charge in [0, 0.05) is 17.6 Å². The van der Waals surface area contributed by atoms with Gasteiger partial charge in [0.05, 0.1) is 6.10 Å². The smallest absolute Gasteiger partial charge is 0.0558 e. The summed E-state index contributed by atoms with van der Waals surface area (Å²) in [6, 6.07) is 8.54. The van der Waals surface area contributed by atoms with Gasteiger partial charge in [-0.3, -0.25) is 11.3 Å². The third-order valence-electron chi connectivity index (χ3n) is 2.65. The summed E-state index contributed by atoms with van der Waals surface area (Å²) in [5.74, 6) is 5.54. The Kier molecular flexibility index (Phi) is 5.98. The number of rotatable bonds is 6. The highest BCUT2D eigenvalue weighted by Crippen LogP contribution is 2.13. The van der Waals surface area contributed by atoms with Gasteiger partial charge in [0.15, 0.2) is 0 Å². The van der Waals surface area contributed by atoms with E-state index < -0.39 is 0 Å². The molecule has 2 unspecified atom stereocenters. The average Bonchev–Trinajstić information content (AvgIpc) is 2.30. The first-order chi connectivity index (χ1) is 7.65. The zero-order valence-electron chi connectivity index (χ0n) is 9.74. The Morgan fingerprint density at radius 1 is 1.38 bits per heavy atom. The highest BCUT2D eigenvalue weighted by atomic mass is 79.9. The van der Waals surface area contributed by atoms with E-state index in [9.17, 15) is 0 Å². The van der Waals surface area contributed by atoms with Crippen LogP contribution in [-0.2, 0) is 11.2 Å². The summed E-state index contributed by atoms with van der Waals surface area (Å²) >= 11 is 3.42. The molecule has 3 N–H and O–H groups in total. The van der Waals surface area contributed by atoms with E-state index in [1.54, 1.807) is 7.11 Å². The van der Waals surface area contributed by atoms with Crippen LogP contribution in [0.4, 0.5) is 0 Å². The molecule has 0 fully saturated rings.